The summed E-state index contributed by atoms with van der Waals surface area (Å²) in [4.78, 5) is 38.8. The molecule has 0 fully saturated rings. The molecule has 55 heavy (non-hydrogen) atoms. The maximum absolute atomic E-state index is 12.8. The summed E-state index contributed by atoms with van der Waals surface area (Å²) in [7, 11) is 9.19. The number of hydrogen-bond donors (Lipinski definition) is 5. The van der Waals surface area contributed by atoms with Crippen molar-refractivity contribution < 1.29 is 47.3 Å². The first-order valence-electron chi connectivity index (χ1n) is 17.0. The second-order valence-corrected chi connectivity index (χ2v) is 15.7. The molecular weight excluding hydrogens is 993 g/mol. The van der Waals surface area contributed by atoms with Gasteiger partial charge in [-0.3, -0.25) is 9.59 Å². The number of rotatable bonds is 22. The zero-order chi connectivity index (χ0) is 41.7. The average Bonchev–Trinajstić information content (AvgIpc) is 3.11. The van der Waals surface area contributed by atoms with Crippen LogP contribution in [0.25, 0.3) is 0 Å². The number of hydrogen-bond acceptors (Lipinski definition) is 10. The van der Waals surface area contributed by atoms with Crippen molar-refractivity contribution in [1.29, 1.82) is 0 Å². The number of amides is 2. The van der Waals surface area contributed by atoms with Gasteiger partial charge in [-0.15, -0.1) is 0 Å². The van der Waals surface area contributed by atoms with Gasteiger partial charge in [-0.2, -0.15) is 13.2 Å². The Hall–Kier alpha value is -2.49. The van der Waals surface area contributed by atoms with E-state index in [1.807, 2.05) is 24.3 Å². The molecule has 2 aromatic rings. The van der Waals surface area contributed by atoms with E-state index in [1.54, 1.807) is 21.3 Å². The molecule has 0 aliphatic heterocycles. The fourth-order valence-electron chi connectivity index (χ4n) is 5.07. The minimum atomic E-state index is -5.08. The zero-order valence-electron chi connectivity index (χ0n) is 31.3. The summed E-state index contributed by atoms with van der Waals surface area (Å²) in [6.45, 7) is 4.83. The largest absolute Gasteiger partial charge is 0.494 e. The lowest BCUT2D eigenvalue weighted by Crippen LogP contribution is -2.44. The van der Waals surface area contributed by atoms with Crippen LogP contribution in [0, 0.1) is 0 Å². The highest BCUT2D eigenvalue weighted by molar-refractivity contribution is 9.11. The molecule has 0 radical (unpaired) electrons. The monoisotopic (exact) mass is 1040 g/mol. The van der Waals surface area contributed by atoms with Crippen LogP contribution in [-0.4, -0.2) is 130 Å². The van der Waals surface area contributed by atoms with Crippen LogP contribution in [0.4, 0.5) is 13.2 Å². The number of carboxylic acids is 1. The van der Waals surface area contributed by atoms with Gasteiger partial charge in [0.15, 0.2) is 0 Å². The second kappa shape index (κ2) is 26.4. The summed E-state index contributed by atoms with van der Waals surface area (Å²) in [5, 5.41) is 28.8. The Morgan fingerprint density at radius 3 is 1.56 bits per heavy atom. The van der Waals surface area contributed by atoms with Gasteiger partial charge in [0.1, 0.15) is 17.2 Å². The van der Waals surface area contributed by atoms with E-state index in [2.05, 4.69) is 109 Å². The molecule has 5 N–H and O–H groups in total. The minimum absolute atomic E-state index is 0.0110. The fourth-order valence-corrected chi connectivity index (χ4v) is 8.28. The normalized spacial score (nSPS) is 12.2. The number of likely N-dealkylation sites (N-methyl/N-ethyl adjacent to an activating group) is 1. The third-order valence-electron chi connectivity index (χ3n) is 7.97. The average molecular weight is 1040 g/mol. The molecule has 2 aromatic carbocycles. The van der Waals surface area contributed by atoms with E-state index >= 15 is 0 Å². The molecule has 1 unspecified atom stereocenters. The maximum atomic E-state index is 12.8. The first kappa shape index (κ1) is 50.5. The summed E-state index contributed by atoms with van der Waals surface area (Å²) in [5.41, 5.74) is 1.87. The van der Waals surface area contributed by atoms with Gasteiger partial charge in [-0.25, -0.2) is 4.79 Å². The quantitative estimate of drug-likeness (QED) is 0.0395. The van der Waals surface area contributed by atoms with Crippen LogP contribution >= 0.6 is 63.7 Å². The number of halogens is 7. The predicted octanol–water partition coefficient (Wildman–Crippen LogP) is 6.25. The SMILES string of the molecule is CNC(Cc1cc(Br)c(OC)c(Br)c1)C(=O)NCCCN(C)CCCCN(C)CCCNC(=O)/C(Cc1cc(Br)c(OC)c(Br)c1)=N/O.O=C(O)C(F)(F)F. The molecule has 0 bridgehead atoms. The van der Waals surface area contributed by atoms with Gasteiger partial charge < -0.3 is 45.5 Å². The predicted molar refractivity (Wildman–Crippen MR) is 219 cm³/mol. The number of unbranched alkanes of at least 4 members (excludes halogenated alkanes) is 1. The molecule has 0 spiro atoms. The third-order valence-corrected chi connectivity index (χ3v) is 10.3. The summed E-state index contributed by atoms with van der Waals surface area (Å²) in [5.74, 6) is -1.77. The smallest absolute Gasteiger partial charge is 0.490 e. The highest BCUT2D eigenvalue weighted by Gasteiger charge is 2.38. The molecule has 20 heteroatoms. The van der Waals surface area contributed by atoms with E-state index in [0.29, 0.717) is 25.3 Å². The Balaban J connectivity index is 0.00000196. The molecule has 310 valence electrons. The van der Waals surface area contributed by atoms with Gasteiger partial charge in [-0.05, 0) is 179 Å². The third kappa shape index (κ3) is 19.5. The second-order valence-electron chi connectivity index (χ2n) is 12.3. The summed E-state index contributed by atoms with van der Waals surface area (Å²) in [6, 6.07) is 7.29. The van der Waals surface area contributed by atoms with Gasteiger partial charge in [0.05, 0.1) is 38.2 Å². The lowest BCUT2D eigenvalue weighted by Gasteiger charge is -2.20. The molecule has 0 aromatic heterocycles. The number of nitrogens with zero attached hydrogens (tertiary/aromatic N) is 3. The Morgan fingerprint density at radius 1 is 0.782 bits per heavy atom. The van der Waals surface area contributed by atoms with Crippen LogP contribution in [0.5, 0.6) is 11.5 Å². The van der Waals surface area contributed by atoms with E-state index in [1.165, 1.54) is 0 Å². The van der Waals surface area contributed by atoms with Crippen LogP contribution in [0.3, 0.4) is 0 Å². The minimum Gasteiger partial charge on any atom is -0.494 e. The summed E-state index contributed by atoms with van der Waals surface area (Å²) in [6.07, 6.45) is -0.524. The van der Waals surface area contributed by atoms with Gasteiger partial charge in [-0.1, -0.05) is 5.16 Å². The molecule has 1 atom stereocenters. The van der Waals surface area contributed by atoms with Crippen molar-refractivity contribution >= 4 is 87.2 Å². The molecule has 2 amide bonds. The lowest BCUT2D eigenvalue weighted by molar-refractivity contribution is -0.192. The summed E-state index contributed by atoms with van der Waals surface area (Å²) >= 11 is 14.0. The number of benzene rings is 2. The lowest BCUT2D eigenvalue weighted by atomic mass is 10.1. The number of carbonyl (C=O) groups is 3. The molecule has 0 aliphatic carbocycles. The Labute approximate surface area is 353 Å². The number of carbonyl (C=O) groups excluding carboxylic acids is 2. The van der Waals surface area contributed by atoms with Crippen LogP contribution in [0.2, 0.25) is 0 Å². The van der Waals surface area contributed by atoms with Crippen molar-refractivity contribution in [3.05, 3.63) is 53.3 Å². The molecule has 0 heterocycles. The number of methoxy groups -OCH3 is 2. The van der Waals surface area contributed by atoms with E-state index in [9.17, 15) is 28.0 Å². The van der Waals surface area contributed by atoms with Crippen molar-refractivity contribution in [2.24, 2.45) is 5.16 Å². The molecule has 13 nitrogen and oxygen atoms in total. The fraction of sp³-hybridized carbons (Fsp3) is 0.543. The van der Waals surface area contributed by atoms with Gasteiger partial charge >= 0.3 is 12.1 Å². The Bertz CT molecular complexity index is 1530. The van der Waals surface area contributed by atoms with Crippen molar-refractivity contribution in [2.45, 2.75) is 50.7 Å². The van der Waals surface area contributed by atoms with Crippen LogP contribution in [-0.2, 0) is 27.2 Å². The summed E-state index contributed by atoms with van der Waals surface area (Å²) < 4.78 is 45.6. The number of nitrogens with one attached hydrogen (secondary N) is 3. The topological polar surface area (TPSA) is 165 Å². The number of oxime groups is 1. The van der Waals surface area contributed by atoms with Crippen LogP contribution < -0.4 is 25.4 Å². The molecule has 2 rings (SSSR count). The highest BCUT2D eigenvalue weighted by Crippen LogP contribution is 2.35. The Morgan fingerprint density at radius 2 is 1.18 bits per heavy atom. The number of alkyl halides is 3. The highest BCUT2D eigenvalue weighted by atomic mass is 79.9. The first-order valence-corrected chi connectivity index (χ1v) is 20.2. The molecule has 0 saturated heterocycles. The van der Waals surface area contributed by atoms with E-state index < -0.39 is 12.1 Å². The van der Waals surface area contributed by atoms with Crippen molar-refractivity contribution in [1.82, 2.24) is 25.8 Å². The van der Waals surface area contributed by atoms with E-state index in [4.69, 9.17) is 19.4 Å². The van der Waals surface area contributed by atoms with E-state index in [0.717, 1.165) is 86.6 Å². The van der Waals surface area contributed by atoms with E-state index in [-0.39, 0.29) is 30.0 Å². The zero-order valence-corrected chi connectivity index (χ0v) is 37.6. The number of aliphatic carboxylic acids is 1. The van der Waals surface area contributed by atoms with Gasteiger partial charge in [0.2, 0.25) is 5.91 Å². The maximum Gasteiger partial charge on any atom is 0.490 e. The number of carboxylic acid groups (broad SMARTS) is 1. The molecular formula is C35H49Br4F3N6O7. The van der Waals surface area contributed by atoms with Crippen molar-refractivity contribution in [2.75, 3.05) is 74.6 Å². The number of ether oxygens (including phenoxy) is 2. The molecule has 0 aliphatic rings. The van der Waals surface area contributed by atoms with Crippen molar-refractivity contribution in [3.8, 4) is 11.5 Å². The van der Waals surface area contributed by atoms with Gasteiger partial charge in [0, 0.05) is 19.5 Å². The first-order chi connectivity index (χ1) is 25.9. The Kier molecular flexibility index (Phi) is 24.3. The molecule has 0 saturated carbocycles. The van der Waals surface area contributed by atoms with Gasteiger partial charge in [0.25, 0.3) is 5.91 Å². The van der Waals surface area contributed by atoms with Crippen LogP contribution in [0.15, 0.2) is 47.3 Å². The standard InChI is InChI=1S/C33H48Br4N6O5.C2HF3O2/c1-38-28(20-22-16-24(34)30(47-4)25(35)17-22)32(44)39-10-8-14-42(2)12-6-7-13-43(3)15-9-11-40-33(45)29(41-46)21-23-18-26(36)31(48-5)27(37)19-23;3-2(4,5)1(6)7/h16-19,28,38,46H,6-15,20-21H2,1-5H3,(H,39,44)(H,40,45);(H,6,7)/b41-29+;. The van der Waals surface area contributed by atoms with Crippen LogP contribution in [0.1, 0.15) is 36.8 Å². The van der Waals surface area contributed by atoms with Crippen molar-refractivity contribution in [3.63, 3.8) is 0 Å².